The van der Waals surface area contributed by atoms with Crippen LogP contribution in [0.15, 0.2) is 48.5 Å². The molecule has 1 aliphatic carbocycles. The lowest BCUT2D eigenvalue weighted by atomic mass is 9.71. The molecular weight excluding hydrogens is 357 g/mol. The van der Waals surface area contributed by atoms with Gasteiger partial charge in [0.05, 0.1) is 6.04 Å². The Morgan fingerprint density at radius 1 is 1.05 bits per heavy atom. The number of rotatable bonds is 2. The molecule has 0 heterocycles. The molecule has 104 valence electrons. The molecule has 0 radical (unpaired) electrons. The molecule has 0 saturated carbocycles. The molecule has 0 spiro atoms. The highest BCUT2D eigenvalue weighted by Crippen LogP contribution is 2.42. The maximum absolute atomic E-state index is 3.70. The first-order valence-electron chi connectivity index (χ1n) is 7.18. The predicted molar refractivity (Wildman–Crippen MR) is 94.2 cm³/mol. The van der Waals surface area contributed by atoms with Crippen molar-refractivity contribution in [3.63, 3.8) is 0 Å². The zero-order valence-electron chi connectivity index (χ0n) is 12.0. The van der Waals surface area contributed by atoms with Crippen LogP contribution < -0.4 is 5.32 Å². The van der Waals surface area contributed by atoms with Gasteiger partial charge < -0.3 is 5.32 Å². The van der Waals surface area contributed by atoms with E-state index in [1.165, 1.54) is 33.2 Å². The zero-order valence-corrected chi connectivity index (χ0v) is 14.1. The fourth-order valence-electron chi connectivity index (χ4n) is 3.11. The molecule has 3 rings (SSSR count). The van der Waals surface area contributed by atoms with Crippen LogP contribution in [0.3, 0.4) is 0 Å². The van der Waals surface area contributed by atoms with Crippen LogP contribution in [-0.2, 0) is 5.41 Å². The van der Waals surface area contributed by atoms with Crippen molar-refractivity contribution < 1.29 is 0 Å². The third-order valence-corrected chi connectivity index (χ3v) is 5.03. The smallest absolute Gasteiger partial charge is 0.0517 e. The van der Waals surface area contributed by atoms with E-state index in [0.717, 1.165) is 0 Å². The third kappa shape index (κ3) is 2.71. The molecule has 1 atom stereocenters. The fourth-order valence-corrected chi connectivity index (χ4v) is 3.47. The summed E-state index contributed by atoms with van der Waals surface area (Å²) in [7, 11) is 0. The first-order chi connectivity index (χ1) is 9.56. The van der Waals surface area contributed by atoms with Gasteiger partial charge in [-0.3, -0.25) is 0 Å². The van der Waals surface area contributed by atoms with Crippen molar-refractivity contribution in [2.75, 3.05) is 5.32 Å². The number of nitrogens with one attached hydrogen (secondary N) is 1. The highest BCUT2D eigenvalue weighted by atomic mass is 127. The minimum absolute atomic E-state index is 0.292. The molecule has 0 aliphatic heterocycles. The van der Waals surface area contributed by atoms with Crippen LogP contribution in [0.2, 0.25) is 0 Å². The van der Waals surface area contributed by atoms with Gasteiger partial charge in [0.2, 0.25) is 0 Å². The Morgan fingerprint density at radius 3 is 2.50 bits per heavy atom. The topological polar surface area (TPSA) is 12.0 Å². The SMILES string of the molecule is CC1(C)CCC(Nc2ccc(I)cc2)c2ccccc21. The first-order valence-corrected chi connectivity index (χ1v) is 8.26. The van der Waals surface area contributed by atoms with Gasteiger partial charge in [0.25, 0.3) is 0 Å². The lowest BCUT2D eigenvalue weighted by Gasteiger charge is -2.37. The number of halogens is 1. The summed E-state index contributed by atoms with van der Waals surface area (Å²) in [6.45, 7) is 4.71. The van der Waals surface area contributed by atoms with Gasteiger partial charge >= 0.3 is 0 Å². The van der Waals surface area contributed by atoms with E-state index in [0.29, 0.717) is 11.5 Å². The molecule has 0 saturated heterocycles. The quantitative estimate of drug-likeness (QED) is 0.680. The van der Waals surface area contributed by atoms with E-state index in [4.69, 9.17) is 0 Å². The molecule has 1 nitrogen and oxygen atoms in total. The summed E-state index contributed by atoms with van der Waals surface area (Å²) in [5.41, 5.74) is 4.46. The van der Waals surface area contributed by atoms with E-state index in [1.807, 2.05) is 0 Å². The van der Waals surface area contributed by atoms with Crippen LogP contribution in [0.1, 0.15) is 43.9 Å². The molecule has 20 heavy (non-hydrogen) atoms. The van der Waals surface area contributed by atoms with Gasteiger partial charge in [0.15, 0.2) is 0 Å². The minimum atomic E-state index is 0.292. The van der Waals surface area contributed by atoms with Crippen LogP contribution in [0.25, 0.3) is 0 Å². The molecule has 1 aliphatic rings. The molecule has 2 aromatic carbocycles. The van der Waals surface area contributed by atoms with E-state index in [-0.39, 0.29) is 0 Å². The molecule has 0 fully saturated rings. The number of fused-ring (bicyclic) bond motifs is 1. The molecule has 1 unspecified atom stereocenters. The van der Waals surface area contributed by atoms with Crippen molar-refractivity contribution in [1.82, 2.24) is 0 Å². The second-order valence-electron chi connectivity index (χ2n) is 6.21. The second-order valence-corrected chi connectivity index (χ2v) is 7.46. The third-order valence-electron chi connectivity index (χ3n) is 4.31. The van der Waals surface area contributed by atoms with E-state index < -0.39 is 0 Å². The van der Waals surface area contributed by atoms with Crippen LogP contribution >= 0.6 is 22.6 Å². The Labute approximate surface area is 134 Å². The van der Waals surface area contributed by atoms with Gasteiger partial charge in [-0.15, -0.1) is 0 Å². The summed E-state index contributed by atoms with van der Waals surface area (Å²) in [6, 6.07) is 18.0. The van der Waals surface area contributed by atoms with Crippen LogP contribution in [0.4, 0.5) is 5.69 Å². The monoisotopic (exact) mass is 377 g/mol. The van der Waals surface area contributed by atoms with E-state index in [2.05, 4.69) is 90.3 Å². The Morgan fingerprint density at radius 2 is 1.75 bits per heavy atom. The van der Waals surface area contributed by atoms with Gasteiger partial charge in [-0.2, -0.15) is 0 Å². The maximum atomic E-state index is 3.70. The molecule has 0 aromatic heterocycles. The second kappa shape index (κ2) is 5.40. The average Bonchev–Trinajstić information content (AvgIpc) is 2.45. The van der Waals surface area contributed by atoms with Crippen LogP contribution in [-0.4, -0.2) is 0 Å². The largest absolute Gasteiger partial charge is 0.378 e. The maximum Gasteiger partial charge on any atom is 0.0517 e. The predicted octanol–water partition coefficient (Wildman–Crippen LogP) is 5.52. The van der Waals surface area contributed by atoms with Gasteiger partial charge in [0, 0.05) is 9.26 Å². The molecular formula is C18H20IN. The summed E-state index contributed by atoms with van der Waals surface area (Å²) >= 11 is 2.34. The number of hydrogen-bond acceptors (Lipinski definition) is 1. The molecule has 1 N–H and O–H groups in total. The fraction of sp³-hybridized carbons (Fsp3) is 0.333. The number of benzene rings is 2. The van der Waals surface area contributed by atoms with Crippen molar-refractivity contribution in [1.29, 1.82) is 0 Å². The normalized spacial score (nSPS) is 20.2. The van der Waals surface area contributed by atoms with Crippen molar-refractivity contribution >= 4 is 28.3 Å². The Hall–Kier alpha value is -1.03. The number of hydrogen-bond donors (Lipinski definition) is 1. The molecule has 0 amide bonds. The summed E-state index contributed by atoms with van der Waals surface area (Å²) in [4.78, 5) is 0. The van der Waals surface area contributed by atoms with Crippen LogP contribution in [0, 0.1) is 3.57 Å². The lowest BCUT2D eigenvalue weighted by Crippen LogP contribution is -2.29. The summed E-state index contributed by atoms with van der Waals surface area (Å²) in [5, 5.41) is 3.70. The summed E-state index contributed by atoms with van der Waals surface area (Å²) < 4.78 is 1.28. The Balaban J connectivity index is 1.90. The summed E-state index contributed by atoms with van der Waals surface area (Å²) in [5.74, 6) is 0. The lowest BCUT2D eigenvalue weighted by molar-refractivity contribution is 0.406. The van der Waals surface area contributed by atoms with Gasteiger partial charge in [-0.05, 0) is 76.2 Å². The van der Waals surface area contributed by atoms with Gasteiger partial charge in [0.1, 0.15) is 0 Å². The number of anilines is 1. The van der Waals surface area contributed by atoms with E-state index in [9.17, 15) is 0 Å². The van der Waals surface area contributed by atoms with Gasteiger partial charge in [-0.25, -0.2) is 0 Å². The van der Waals surface area contributed by atoms with Crippen molar-refractivity contribution in [3.05, 3.63) is 63.2 Å². The van der Waals surface area contributed by atoms with Crippen molar-refractivity contribution in [3.8, 4) is 0 Å². The van der Waals surface area contributed by atoms with Crippen molar-refractivity contribution in [2.45, 2.75) is 38.1 Å². The summed E-state index contributed by atoms with van der Waals surface area (Å²) in [6.07, 6.45) is 2.42. The van der Waals surface area contributed by atoms with Crippen molar-refractivity contribution in [2.24, 2.45) is 0 Å². The molecule has 2 aromatic rings. The minimum Gasteiger partial charge on any atom is -0.378 e. The zero-order chi connectivity index (χ0) is 14.2. The highest BCUT2D eigenvalue weighted by molar-refractivity contribution is 14.1. The Bertz CT molecular complexity index is 601. The highest BCUT2D eigenvalue weighted by Gasteiger charge is 2.32. The first kappa shape index (κ1) is 13.9. The molecule has 2 heteroatoms. The average molecular weight is 377 g/mol. The van der Waals surface area contributed by atoms with E-state index in [1.54, 1.807) is 0 Å². The van der Waals surface area contributed by atoms with Crippen LogP contribution in [0.5, 0.6) is 0 Å². The Kier molecular flexibility index (Phi) is 3.76. The van der Waals surface area contributed by atoms with Gasteiger partial charge in [-0.1, -0.05) is 38.1 Å². The molecule has 0 bridgehead atoms. The standard InChI is InChI=1S/C18H20IN/c1-18(2)12-11-17(15-5-3-4-6-16(15)18)20-14-9-7-13(19)8-10-14/h3-10,17,20H,11-12H2,1-2H3. The van der Waals surface area contributed by atoms with E-state index >= 15 is 0 Å².